The zero-order chi connectivity index (χ0) is 12.8. The van der Waals surface area contributed by atoms with Gasteiger partial charge in [0, 0.05) is 24.5 Å². The Kier molecular flexibility index (Phi) is 4.20. The number of nitrogens with two attached hydrogens (primary N) is 1. The van der Waals surface area contributed by atoms with Crippen molar-refractivity contribution in [3.05, 3.63) is 42.5 Å². The summed E-state index contributed by atoms with van der Waals surface area (Å²) >= 11 is 0. The molecule has 0 saturated carbocycles. The van der Waals surface area contributed by atoms with Crippen molar-refractivity contribution in [2.75, 3.05) is 13.7 Å². The minimum atomic E-state index is 0.428. The summed E-state index contributed by atoms with van der Waals surface area (Å²) in [5, 5.41) is 0. The van der Waals surface area contributed by atoms with Gasteiger partial charge in [-0.25, -0.2) is 4.98 Å². The molecule has 0 bridgehead atoms. The maximum Gasteiger partial charge on any atom is 0.124 e. The van der Waals surface area contributed by atoms with E-state index in [1.54, 1.807) is 19.6 Å². The molecule has 5 heteroatoms. The Balaban J connectivity index is 1.96. The fourth-order valence-corrected chi connectivity index (χ4v) is 1.66. The minimum absolute atomic E-state index is 0.428. The predicted molar refractivity (Wildman–Crippen MR) is 68.6 cm³/mol. The number of imidazole rings is 1. The highest BCUT2D eigenvalue weighted by atomic mass is 16.5. The Hall–Kier alpha value is -2.01. The monoisotopic (exact) mass is 247 g/mol. The van der Waals surface area contributed by atoms with E-state index in [1.165, 1.54) is 0 Å². The third-order valence-corrected chi connectivity index (χ3v) is 2.65. The second-order valence-corrected chi connectivity index (χ2v) is 3.83. The van der Waals surface area contributed by atoms with E-state index in [2.05, 4.69) is 4.98 Å². The third kappa shape index (κ3) is 3.01. The lowest BCUT2D eigenvalue weighted by atomic mass is 10.2. The molecule has 0 aliphatic rings. The normalized spacial score (nSPS) is 10.3. The lowest BCUT2D eigenvalue weighted by Crippen LogP contribution is -2.09. The first kappa shape index (κ1) is 12.4. The summed E-state index contributed by atoms with van der Waals surface area (Å²) in [6.45, 7) is 1.77. The molecule has 96 valence electrons. The van der Waals surface area contributed by atoms with Crippen LogP contribution in [0.1, 0.15) is 5.56 Å². The molecule has 1 aromatic heterocycles. The van der Waals surface area contributed by atoms with E-state index in [9.17, 15) is 0 Å². The van der Waals surface area contributed by atoms with Gasteiger partial charge in [-0.15, -0.1) is 0 Å². The summed E-state index contributed by atoms with van der Waals surface area (Å²) in [4.78, 5) is 3.98. The van der Waals surface area contributed by atoms with Gasteiger partial charge >= 0.3 is 0 Å². The maximum atomic E-state index is 5.72. The molecule has 2 N–H and O–H groups in total. The Morgan fingerprint density at radius 3 is 2.94 bits per heavy atom. The third-order valence-electron chi connectivity index (χ3n) is 2.65. The van der Waals surface area contributed by atoms with Crippen LogP contribution in [-0.2, 0) is 13.1 Å². The molecule has 1 aromatic carbocycles. The second kappa shape index (κ2) is 6.07. The van der Waals surface area contributed by atoms with Crippen LogP contribution in [0, 0.1) is 0 Å². The molecule has 0 spiro atoms. The van der Waals surface area contributed by atoms with Crippen molar-refractivity contribution in [2.45, 2.75) is 13.1 Å². The molecule has 18 heavy (non-hydrogen) atoms. The molecule has 1 heterocycles. The largest absolute Gasteiger partial charge is 0.497 e. The number of ether oxygens (including phenoxy) is 2. The van der Waals surface area contributed by atoms with Crippen LogP contribution >= 0.6 is 0 Å². The van der Waals surface area contributed by atoms with Crippen molar-refractivity contribution in [1.29, 1.82) is 0 Å². The molecule has 0 saturated heterocycles. The standard InChI is InChI=1S/C13H17N3O2/c1-17-12-2-3-13(11(8-12)9-14)18-7-6-16-5-4-15-10-16/h2-5,8,10H,6-7,9,14H2,1H3. The van der Waals surface area contributed by atoms with Gasteiger partial charge in [-0.1, -0.05) is 0 Å². The molecule has 2 aromatic rings. The second-order valence-electron chi connectivity index (χ2n) is 3.83. The van der Waals surface area contributed by atoms with Crippen LogP contribution in [0.3, 0.4) is 0 Å². The van der Waals surface area contributed by atoms with Crippen molar-refractivity contribution in [3.8, 4) is 11.5 Å². The molecule has 0 aliphatic heterocycles. The summed E-state index contributed by atoms with van der Waals surface area (Å²) in [5.74, 6) is 1.59. The molecule has 2 rings (SSSR count). The number of hydrogen-bond donors (Lipinski definition) is 1. The smallest absolute Gasteiger partial charge is 0.124 e. The van der Waals surface area contributed by atoms with Gasteiger partial charge in [-0.05, 0) is 18.2 Å². The first-order valence-corrected chi connectivity index (χ1v) is 5.79. The van der Waals surface area contributed by atoms with E-state index >= 15 is 0 Å². The summed E-state index contributed by atoms with van der Waals surface area (Å²) in [6.07, 6.45) is 5.42. The first-order chi connectivity index (χ1) is 8.83. The fourth-order valence-electron chi connectivity index (χ4n) is 1.66. The number of aromatic nitrogens is 2. The van der Waals surface area contributed by atoms with Gasteiger partial charge in [-0.3, -0.25) is 0 Å². The topological polar surface area (TPSA) is 62.3 Å². The quantitative estimate of drug-likeness (QED) is 0.838. The first-order valence-electron chi connectivity index (χ1n) is 5.79. The van der Waals surface area contributed by atoms with Gasteiger partial charge in [0.2, 0.25) is 0 Å². The highest BCUT2D eigenvalue weighted by Crippen LogP contribution is 2.23. The van der Waals surface area contributed by atoms with Crippen LogP contribution in [0.15, 0.2) is 36.9 Å². The van der Waals surface area contributed by atoms with Crippen LogP contribution < -0.4 is 15.2 Å². The Bertz CT molecular complexity index is 483. The SMILES string of the molecule is COc1ccc(OCCn2ccnc2)c(CN)c1. The number of nitrogens with zero attached hydrogens (tertiary/aromatic N) is 2. The number of rotatable bonds is 6. The predicted octanol–water partition coefficient (Wildman–Crippen LogP) is 1.43. The molecule has 0 aliphatic carbocycles. The molecule has 0 radical (unpaired) electrons. The lowest BCUT2D eigenvalue weighted by molar-refractivity contribution is 0.294. The zero-order valence-corrected chi connectivity index (χ0v) is 10.4. The summed E-state index contributed by atoms with van der Waals surface area (Å²) in [5.41, 5.74) is 6.63. The minimum Gasteiger partial charge on any atom is -0.497 e. The van der Waals surface area contributed by atoms with Crippen molar-refractivity contribution in [2.24, 2.45) is 5.73 Å². The summed E-state index contributed by atoms with van der Waals surface area (Å²) in [6, 6.07) is 5.65. The summed E-state index contributed by atoms with van der Waals surface area (Å²) < 4.78 is 12.8. The highest BCUT2D eigenvalue weighted by Gasteiger charge is 2.04. The molecule has 0 unspecified atom stereocenters. The molecular weight excluding hydrogens is 230 g/mol. The van der Waals surface area contributed by atoms with Gasteiger partial charge < -0.3 is 19.8 Å². The van der Waals surface area contributed by atoms with E-state index in [4.69, 9.17) is 15.2 Å². The van der Waals surface area contributed by atoms with Gasteiger partial charge in [0.25, 0.3) is 0 Å². The average molecular weight is 247 g/mol. The van der Waals surface area contributed by atoms with E-state index in [0.29, 0.717) is 13.2 Å². The summed E-state index contributed by atoms with van der Waals surface area (Å²) in [7, 11) is 1.63. The van der Waals surface area contributed by atoms with Gasteiger partial charge in [-0.2, -0.15) is 0 Å². The average Bonchev–Trinajstić information content (AvgIpc) is 2.92. The number of benzene rings is 1. The highest BCUT2D eigenvalue weighted by molar-refractivity contribution is 5.40. The molecule has 0 fully saturated rings. The number of methoxy groups -OCH3 is 1. The lowest BCUT2D eigenvalue weighted by Gasteiger charge is -2.12. The van der Waals surface area contributed by atoms with Crippen molar-refractivity contribution in [1.82, 2.24) is 9.55 Å². The van der Waals surface area contributed by atoms with Gasteiger partial charge in [0.15, 0.2) is 0 Å². The van der Waals surface area contributed by atoms with Crippen LogP contribution in [0.5, 0.6) is 11.5 Å². The molecular formula is C13H17N3O2. The van der Waals surface area contributed by atoms with Gasteiger partial charge in [0.1, 0.15) is 18.1 Å². The molecule has 5 nitrogen and oxygen atoms in total. The van der Waals surface area contributed by atoms with E-state index in [0.717, 1.165) is 23.6 Å². The maximum absolute atomic E-state index is 5.72. The van der Waals surface area contributed by atoms with Crippen LogP contribution in [0.2, 0.25) is 0 Å². The Morgan fingerprint density at radius 1 is 1.39 bits per heavy atom. The molecule has 0 amide bonds. The Labute approximate surface area is 106 Å². The van der Waals surface area contributed by atoms with E-state index in [1.807, 2.05) is 29.0 Å². The van der Waals surface area contributed by atoms with Crippen LogP contribution in [0.4, 0.5) is 0 Å². The van der Waals surface area contributed by atoms with E-state index < -0.39 is 0 Å². The van der Waals surface area contributed by atoms with Crippen LogP contribution in [-0.4, -0.2) is 23.3 Å². The van der Waals surface area contributed by atoms with Crippen molar-refractivity contribution < 1.29 is 9.47 Å². The number of hydrogen-bond acceptors (Lipinski definition) is 4. The fraction of sp³-hybridized carbons (Fsp3) is 0.308. The van der Waals surface area contributed by atoms with Crippen LogP contribution in [0.25, 0.3) is 0 Å². The van der Waals surface area contributed by atoms with Gasteiger partial charge in [0.05, 0.1) is 20.0 Å². The zero-order valence-electron chi connectivity index (χ0n) is 10.4. The molecule has 0 atom stereocenters. The Morgan fingerprint density at radius 2 is 2.28 bits per heavy atom. The van der Waals surface area contributed by atoms with Crippen molar-refractivity contribution in [3.63, 3.8) is 0 Å². The van der Waals surface area contributed by atoms with E-state index in [-0.39, 0.29) is 0 Å². The van der Waals surface area contributed by atoms with Crippen molar-refractivity contribution >= 4 is 0 Å².